The lowest BCUT2D eigenvalue weighted by atomic mass is 10.1. The first-order chi connectivity index (χ1) is 10.5. The van der Waals surface area contributed by atoms with Crippen LogP contribution >= 0.6 is 11.6 Å². The second-order valence-electron chi connectivity index (χ2n) is 5.20. The number of benzene rings is 1. The summed E-state index contributed by atoms with van der Waals surface area (Å²) in [6.45, 7) is 2.72. The van der Waals surface area contributed by atoms with E-state index in [1.165, 1.54) is 24.3 Å². The molecule has 2 amide bonds. The van der Waals surface area contributed by atoms with Crippen molar-refractivity contribution >= 4 is 29.2 Å². The van der Waals surface area contributed by atoms with Crippen LogP contribution in [0.5, 0.6) is 0 Å². The smallest absolute Gasteiger partial charge is 0.292 e. The van der Waals surface area contributed by atoms with Crippen molar-refractivity contribution in [1.82, 2.24) is 15.1 Å². The van der Waals surface area contributed by atoms with Crippen LogP contribution in [0.1, 0.15) is 10.4 Å². The van der Waals surface area contributed by atoms with Gasteiger partial charge in [-0.15, -0.1) is 0 Å². The van der Waals surface area contributed by atoms with Crippen molar-refractivity contribution in [3.05, 3.63) is 34.9 Å². The summed E-state index contributed by atoms with van der Waals surface area (Å²) in [5.41, 5.74) is 0.244. The predicted molar refractivity (Wildman–Crippen MR) is 82.9 cm³/mol. The highest BCUT2D eigenvalue weighted by molar-refractivity contribution is 6.43. The summed E-state index contributed by atoms with van der Waals surface area (Å²) in [5, 5.41) is 2.87. The molecule has 6 nitrogen and oxygen atoms in total. The van der Waals surface area contributed by atoms with Gasteiger partial charge in [-0.05, 0) is 31.3 Å². The monoisotopic (exact) mass is 323 g/mol. The maximum atomic E-state index is 12.0. The highest BCUT2D eigenvalue weighted by Crippen LogP contribution is 2.10. The van der Waals surface area contributed by atoms with Crippen molar-refractivity contribution in [2.75, 3.05) is 39.8 Å². The van der Waals surface area contributed by atoms with E-state index in [9.17, 15) is 14.4 Å². The van der Waals surface area contributed by atoms with Gasteiger partial charge in [0.2, 0.25) is 11.7 Å². The first-order valence-corrected chi connectivity index (χ1v) is 7.39. The van der Waals surface area contributed by atoms with E-state index in [-0.39, 0.29) is 18.0 Å². The Morgan fingerprint density at radius 1 is 1.09 bits per heavy atom. The Labute approximate surface area is 134 Å². The number of likely N-dealkylation sites (N-methyl/N-ethyl adjacent to an activating group) is 1. The third-order valence-electron chi connectivity index (χ3n) is 3.57. The van der Waals surface area contributed by atoms with E-state index in [1.54, 1.807) is 4.90 Å². The van der Waals surface area contributed by atoms with E-state index in [1.807, 2.05) is 7.05 Å². The van der Waals surface area contributed by atoms with Gasteiger partial charge in [0.05, 0.1) is 6.54 Å². The summed E-state index contributed by atoms with van der Waals surface area (Å²) < 4.78 is 0. The Bertz CT molecular complexity index is 566. The molecule has 0 spiro atoms. The average Bonchev–Trinajstić information content (AvgIpc) is 2.53. The Morgan fingerprint density at radius 2 is 1.68 bits per heavy atom. The lowest BCUT2D eigenvalue weighted by Crippen LogP contribution is -2.50. The van der Waals surface area contributed by atoms with E-state index >= 15 is 0 Å². The molecule has 0 aromatic heterocycles. The van der Waals surface area contributed by atoms with Gasteiger partial charge in [-0.1, -0.05) is 11.6 Å². The zero-order chi connectivity index (χ0) is 16.1. The number of rotatable bonds is 4. The van der Waals surface area contributed by atoms with Crippen molar-refractivity contribution in [3.63, 3.8) is 0 Å². The van der Waals surface area contributed by atoms with E-state index in [0.29, 0.717) is 18.1 Å². The predicted octanol–water partition coefficient (Wildman–Crippen LogP) is 0.413. The Kier molecular flexibility index (Phi) is 5.51. The molecule has 0 unspecified atom stereocenters. The Morgan fingerprint density at radius 3 is 2.27 bits per heavy atom. The minimum absolute atomic E-state index is 0.165. The molecule has 2 rings (SSSR count). The maximum Gasteiger partial charge on any atom is 0.292 e. The van der Waals surface area contributed by atoms with Crippen LogP contribution in [0, 0.1) is 0 Å². The van der Waals surface area contributed by atoms with Crippen LogP contribution in [0.15, 0.2) is 24.3 Å². The topological polar surface area (TPSA) is 69.7 Å². The Balaban J connectivity index is 1.83. The zero-order valence-electron chi connectivity index (χ0n) is 12.3. The number of hydrogen-bond acceptors (Lipinski definition) is 4. The molecule has 1 aliphatic rings. The molecule has 1 aliphatic heterocycles. The molecular weight excluding hydrogens is 306 g/mol. The Hall–Kier alpha value is -1.92. The molecule has 1 N–H and O–H groups in total. The fourth-order valence-electron chi connectivity index (χ4n) is 2.14. The molecule has 118 valence electrons. The minimum atomic E-state index is -0.787. The van der Waals surface area contributed by atoms with Gasteiger partial charge in [0, 0.05) is 36.8 Å². The van der Waals surface area contributed by atoms with Gasteiger partial charge in [-0.25, -0.2) is 0 Å². The molecular formula is C15H18ClN3O3. The molecule has 1 heterocycles. The second-order valence-corrected chi connectivity index (χ2v) is 5.64. The number of nitrogens with one attached hydrogen (secondary N) is 1. The van der Waals surface area contributed by atoms with Gasteiger partial charge in [0.25, 0.3) is 5.91 Å². The molecule has 0 saturated carbocycles. The largest absolute Gasteiger partial charge is 0.340 e. The molecule has 22 heavy (non-hydrogen) atoms. The summed E-state index contributed by atoms with van der Waals surface area (Å²) in [4.78, 5) is 39.5. The maximum absolute atomic E-state index is 12.0. The summed E-state index contributed by atoms with van der Waals surface area (Å²) in [7, 11) is 1.99. The molecule has 0 bridgehead atoms. The number of ketones is 1. The molecule has 0 radical (unpaired) electrons. The zero-order valence-corrected chi connectivity index (χ0v) is 13.1. The van der Waals surface area contributed by atoms with Crippen LogP contribution in [0.3, 0.4) is 0 Å². The number of piperazine rings is 1. The molecule has 0 atom stereocenters. The van der Waals surface area contributed by atoms with Gasteiger partial charge in [0.1, 0.15) is 0 Å². The van der Waals surface area contributed by atoms with Gasteiger partial charge in [-0.3, -0.25) is 14.4 Å². The molecule has 1 saturated heterocycles. The second kappa shape index (κ2) is 7.38. The number of carbonyl (C=O) groups is 3. The van der Waals surface area contributed by atoms with Crippen LogP contribution in [-0.4, -0.2) is 67.2 Å². The third-order valence-corrected chi connectivity index (χ3v) is 3.82. The first-order valence-electron chi connectivity index (χ1n) is 7.02. The molecule has 7 heteroatoms. The molecule has 1 aromatic rings. The number of halogens is 1. The van der Waals surface area contributed by atoms with E-state index in [4.69, 9.17) is 11.6 Å². The van der Waals surface area contributed by atoms with Crippen molar-refractivity contribution in [2.45, 2.75) is 0 Å². The van der Waals surface area contributed by atoms with Crippen LogP contribution < -0.4 is 5.32 Å². The van der Waals surface area contributed by atoms with E-state index in [0.717, 1.165) is 13.1 Å². The minimum Gasteiger partial charge on any atom is -0.340 e. The van der Waals surface area contributed by atoms with E-state index in [2.05, 4.69) is 10.2 Å². The van der Waals surface area contributed by atoms with Gasteiger partial charge < -0.3 is 15.1 Å². The molecule has 1 aromatic carbocycles. The SMILES string of the molecule is CN1CCN(C(=O)CNC(=O)C(=O)c2ccc(Cl)cc2)CC1. The highest BCUT2D eigenvalue weighted by Gasteiger charge is 2.21. The van der Waals surface area contributed by atoms with Crippen LogP contribution in [-0.2, 0) is 9.59 Å². The summed E-state index contributed by atoms with van der Waals surface area (Å²) in [6, 6.07) is 6.04. The summed E-state index contributed by atoms with van der Waals surface area (Å²) in [5.74, 6) is -1.64. The third kappa shape index (κ3) is 4.29. The number of Topliss-reactive ketones (excluding diaryl/α,β-unsaturated/α-hetero) is 1. The van der Waals surface area contributed by atoms with Crippen LogP contribution in [0.4, 0.5) is 0 Å². The first kappa shape index (κ1) is 16.5. The van der Waals surface area contributed by atoms with Crippen molar-refractivity contribution in [2.24, 2.45) is 0 Å². The van der Waals surface area contributed by atoms with Gasteiger partial charge in [0.15, 0.2) is 0 Å². The van der Waals surface area contributed by atoms with Gasteiger partial charge >= 0.3 is 0 Å². The normalized spacial score (nSPS) is 15.5. The number of hydrogen-bond donors (Lipinski definition) is 1. The molecule has 0 aliphatic carbocycles. The fourth-order valence-corrected chi connectivity index (χ4v) is 2.26. The van der Waals surface area contributed by atoms with Crippen molar-refractivity contribution < 1.29 is 14.4 Å². The number of carbonyl (C=O) groups excluding carboxylic acids is 3. The van der Waals surface area contributed by atoms with Crippen molar-refractivity contribution in [3.8, 4) is 0 Å². The van der Waals surface area contributed by atoms with Crippen LogP contribution in [0.25, 0.3) is 0 Å². The van der Waals surface area contributed by atoms with E-state index < -0.39 is 11.7 Å². The fraction of sp³-hybridized carbons (Fsp3) is 0.400. The van der Waals surface area contributed by atoms with Crippen molar-refractivity contribution in [1.29, 1.82) is 0 Å². The summed E-state index contributed by atoms with van der Waals surface area (Å²) >= 11 is 5.73. The average molecular weight is 324 g/mol. The number of nitrogens with zero attached hydrogens (tertiary/aromatic N) is 2. The van der Waals surface area contributed by atoms with Crippen LogP contribution in [0.2, 0.25) is 5.02 Å². The standard InChI is InChI=1S/C15H18ClN3O3/c1-18-6-8-19(9-7-18)13(20)10-17-15(22)14(21)11-2-4-12(16)5-3-11/h2-5H,6-10H2,1H3,(H,17,22). The highest BCUT2D eigenvalue weighted by atomic mass is 35.5. The lowest BCUT2D eigenvalue weighted by Gasteiger charge is -2.32. The number of amides is 2. The lowest BCUT2D eigenvalue weighted by molar-refractivity contribution is -0.133. The molecule has 1 fully saturated rings. The van der Waals surface area contributed by atoms with Gasteiger partial charge in [-0.2, -0.15) is 0 Å². The summed E-state index contributed by atoms with van der Waals surface area (Å²) in [6.07, 6.45) is 0. The quantitative estimate of drug-likeness (QED) is 0.644.